The van der Waals surface area contributed by atoms with Crippen LogP contribution in [-0.2, 0) is 9.53 Å². The van der Waals surface area contributed by atoms with Crippen LogP contribution in [0.25, 0.3) is 0 Å². The second-order valence-corrected chi connectivity index (χ2v) is 6.70. The van der Waals surface area contributed by atoms with Crippen molar-refractivity contribution in [1.29, 1.82) is 0 Å². The molecule has 2 fully saturated rings. The van der Waals surface area contributed by atoms with Crippen LogP contribution in [0.3, 0.4) is 0 Å². The first-order valence-electron chi connectivity index (χ1n) is 8.21. The third kappa shape index (κ3) is 4.19. The second kappa shape index (κ2) is 7.41. The van der Waals surface area contributed by atoms with Gasteiger partial charge in [0.15, 0.2) is 0 Å². The molecule has 1 aliphatic heterocycles. The molecular formula is C16H30N2O2. The summed E-state index contributed by atoms with van der Waals surface area (Å²) in [4.78, 5) is 14.3. The fraction of sp³-hybridized carbons (Fsp3) is 0.938. The first-order chi connectivity index (χ1) is 9.65. The molecule has 0 aromatic carbocycles. The molecule has 4 heteroatoms. The summed E-state index contributed by atoms with van der Waals surface area (Å²) in [5.41, 5.74) is 6.04. The van der Waals surface area contributed by atoms with E-state index in [4.69, 9.17) is 10.5 Å². The molecule has 2 N–H and O–H groups in total. The molecule has 1 aliphatic carbocycles. The highest BCUT2D eigenvalue weighted by Crippen LogP contribution is 2.38. The Labute approximate surface area is 123 Å². The lowest BCUT2D eigenvalue weighted by Gasteiger charge is -2.37. The fourth-order valence-electron chi connectivity index (χ4n) is 3.57. The number of nitrogens with zero attached hydrogens (tertiary/aromatic N) is 1. The zero-order valence-electron chi connectivity index (χ0n) is 12.9. The monoisotopic (exact) mass is 282 g/mol. The number of hydrogen-bond donors (Lipinski definition) is 1. The van der Waals surface area contributed by atoms with Crippen molar-refractivity contribution in [2.75, 3.05) is 26.7 Å². The first kappa shape index (κ1) is 15.8. The Bertz CT molecular complexity index is 308. The number of amides is 1. The lowest BCUT2D eigenvalue weighted by Crippen LogP contribution is -2.42. The summed E-state index contributed by atoms with van der Waals surface area (Å²) in [5, 5.41) is 0. The highest BCUT2D eigenvalue weighted by atomic mass is 16.5. The Kier molecular flexibility index (Phi) is 5.85. The predicted octanol–water partition coefficient (Wildman–Crippen LogP) is 2.31. The van der Waals surface area contributed by atoms with Gasteiger partial charge >= 0.3 is 0 Å². The van der Waals surface area contributed by atoms with Gasteiger partial charge in [-0.3, -0.25) is 4.79 Å². The minimum absolute atomic E-state index is 0.0665. The van der Waals surface area contributed by atoms with Crippen molar-refractivity contribution in [3.63, 3.8) is 0 Å². The summed E-state index contributed by atoms with van der Waals surface area (Å²) >= 11 is 0. The van der Waals surface area contributed by atoms with Crippen LogP contribution in [0.5, 0.6) is 0 Å². The Balaban J connectivity index is 1.82. The van der Waals surface area contributed by atoms with Crippen molar-refractivity contribution >= 4 is 5.91 Å². The van der Waals surface area contributed by atoms with Crippen LogP contribution >= 0.6 is 0 Å². The molecule has 0 aromatic rings. The predicted molar refractivity (Wildman–Crippen MR) is 80.4 cm³/mol. The lowest BCUT2D eigenvalue weighted by atomic mass is 9.71. The Morgan fingerprint density at radius 3 is 2.60 bits per heavy atom. The molecule has 4 nitrogen and oxygen atoms in total. The Morgan fingerprint density at radius 2 is 2.00 bits per heavy atom. The maximum Gasteiger partial charge on any atom is 0.223 e. The number of likely N-dealkylation sites (N-methyl/N-ethyl adjacent to an activating group) is 1. The van der Waals surface area contributed by atoms with Crippen molar-refractivity contribution in [3.8, 4) is 0 Å². The molecule has 1 saturated carbocycles. The highest BCUT2D eigenvalue weighted by Gasteiger charge is 2.34. The number of hydrogen-bond acceptors (Lipinski definition) is 3. The van der Waals surface area contributed by atoms with Crippen molar-refractivity contribution in [3.05, 3.63) is 0 Å². The first-order valence-corrected chi connectivity index (χ1v) is 8.21. The summed E-state index contributed by atoms with van der Waals surface area (Å²) in [6, 6.07) is 0. The van der Waals surface area contributed by atoms with Crippen LogP contribution in [0.1, 0.15) is 57.8 Å². The molecule has 1 atom stereocenters. The summed E-state index contributed by atoms with van der Waals surface area (Å²) < 4.78 is 5.72. The maximum atomic E-state index is 12.5. The lowest BCUT2D eigenvalue weighted by molar-refractivity contribution is -0.135. The van der Waals surface area contributed by atoms with E-state index in [-0.39, 0.29) is 17.4 Å². The molecule has 1 amide bonds. The van der Waals surface area contributed by atoms with E-state index < -0.39 is 0 Å². The van der Waals surface area contributed by atoms with E-state index in [0.717, 1.165) is 38.8 Å². The van der Waals surface area contributed by atoms with Gasteiger partial charge < -0.3 is 15.4 Å². The van der Waals surface area contributed by atoms with Crippen molar-refractivity contribution < 1.29 is 9.53 Å². The molecule has 1 saturated heterocycles. The van der Waals surface area contributed by atoms with Gasteiger partial charge in [-0.15, -0.1) is 0 Å². The SMILES string of the molecule is CN(CC1CCCCO1)C(=O)CC1(CN)CCCCC1. The standard InChI is InChI=1S/C16H30N2O2/c1-18(12-14-7-3-6-10-20-14)15(19)11-16(13-17)8-4-2-5-9-16/h14H,2-13,17H2,1H3. The molecular weight excluding hydrogens is 252 g/mol. The maximum absolute atomic E-state index is 12.5. The minimum atomic E-state index is 0.0665. The number of rotatable bonds is 5. The van der Waals surface area contributed by atoms with Gasteiger partial charge in [-0.1, -0.05) is 19.3 Å². The van der Waals surface area contributed by atoms with Crippen LogP contribution in [0.4, 0.5) is 0 Å². The third-order valence-corrected chi connectivity index (χ3v) is 5.05. The molecule has 2 aliphatic rings. The van der Waals surface area contributed by atoms with E-state index in [1.807, 2.05) is 11.9 Å². The second-order valence-electron chi connectivity index (χ2n) is 6.70. The van der Waals surface area contributed by atoms with E-state index in [9.17, 15) is 4.79 Å². The molecule has 0 spiro atoms. The number of carbonyl (C=O) groups excluding carboxylic acids is 1. The van der Waals surface area contributed by atoms with E-state index in [1.165, 1.54) is 25.7 Å². The molecule has 0 bridgehead atoms. The molecule has 20 heavy (non-hydrogen) atoms. The van der Waals surface area contributed by atoms with Gasteiger partial charge in [0, 0.05) is 26.6 Å². The van der Waals surface area contributed by atoms with Crippen molar-refractivity contribution in [1.82, 2.24) is 4.90 Å². The average Bonchev–Trinajstić information content (AvgIpc) is 2.49. The molecule has 0 radical (unpaired) electrons. The molecule has 2 rings (SSSR count). The number of nitrogens with two attached hydrogens (primary N) is 1. The van der Waals surface area contributed by atoms with Gasteiger partial charge in [-0.2, -0.15) is 0 Å². The van der Waals surface area contributed by atoms with Crippen molar-refractivity contribution in [2.45, 2.75) is 63.9 Å². The van der Waals surface area contributed by atoms with Gasteiger partial charge in [0.25, 0.3) is 0 Å². The van der Waals surface area contributed by atoms with Gasteiger partial charge in [0.2, 0.25) is 5.91 Å². The number of carbonyl (C=O) groups is 1. The molecule has 1 heterocycles. The van der Waals surface area contributed by atoms with Crippen LogP contribution in [0, 0.1) is 5.41 Å². The van der Waals surface area contributed by atoms with Gasteiger partial charge in [-0.05, 0) is 44.1 Å². The fourth-order valence-corrected chi connectivity index (χ4v) is 3.57. The van der Waals surface area contributed by atoms with E-state index in [2.05, 4.69) is 0 Å². The van der Waals surface area contributed by atoms with E-state index in [1.54, 1.807) is 0 Å². The van der Waals surface area contributed by atoms with Crippen molar-refractivity contribution in [2.24, 2.45) is 11.1 Å². The summed E-state index contributed by atoms with van der Waals surface area (Å²) in [7, 11) is 1.91. The van der Waals surface area contributed by atoms with Gasteiger partial charge in [0.05, 0.1) is 6.10 Å². The normalized spacial score (nSPS) is 26.2. The van der Waals surface area contributed by atoms with Crippen LogP contribution in [0.15, 0.2) is 0 Å². The summed E-state index contributed by atoms with van der Waals surface area (Å²) in [6.07, 6.45) is 10.3. The smallest absolute Gasteiger partial charge is 0.223 e. The zero-order valence-corrected chi connectivity index (χ0v) is 12.9. The average molecular weight is 282 g/mol. The zero-order chi connectivity index (χ0) is 14.4. The topological polar surface area (TPSA) is 55.6 Å². The molecule has 116 valence electrons. The third-order valence-electron chi connectivity index (χ3n) is 5.05. The van der Waals surface area contributed by atoms with E-state index >= 15 is 0 Å². The van der Waals surface area contributed by atoms with Gasteiger partial charge in [0.1, 0.15) is 0 Å². The number of ether oxygens (including phenoxy) is 1. The van der Waals surface area contributed by atoms with Crippen LogP contribution in [0.2, 0.25) is 0 Å². The summed E-state index contributed by atoms with van der Waals surface area (Å²) in [5.74, 6) is 0.242. The van der Waals surface area contributed by atoms with Crippen LogP contribution < -0.4 is 5.73 Å². The van der Waals surface area contributed by atoms with E-state index in [0.29, 0.717) is 13.0 Å². The largest absolute Gasteiger partial charge is 0.376 e. The molecule has 1 unspecified atom stereocenters. The van der Waals surface area contributed by atoms with Crippen LogP contribution in [-0.4, -0.2) is 43.7 Å². The quantitative estimate of drug-likeness (QED) is 0.842. The highest BCUT2D eigenvalue weighted by molar-refractivity contribution is 5.76. The van der Waals surface area contributed by atoms with Gasteiger partial charge in [-0.25, -0.2) is 0 Å². The Morgan fingerprint density at radius 1 is 1.25 bits per heavy atom. The Hall–Kier alpha value is -0.610. The minimum Gasteiger partial charge on any atom is -0.376 e. The molecule has 0 aromatic heterocycles. The summed E-state index contributed by atoms with van der Waals surface area (Å²) in [6.45, 7) is 2.23.